The van der Waals surface area contributed by atoms with Gasteiger partial charge in [0.15, 0.2) is 0 Å². The zero-order chi connectivity index (χ0) is 9.03. The summed E-state index contributed by atoms with van der Waals surface area (Å²) >= 11 is 2.07. The zero-order valence-corrected chi connectivity index (χ0v) is 9.12. The maximum absolute atomic E-state index is 5.79. The molecule has 0 saturated heterocycles. The number of thioether (sulfide) groups is 1. The van der Waals surface area contributed by atoms with Crippen LogP contribution < -0.4 is 5.73 Å². The maximum Gasteiger partial charge on any atom is 0.0287 e. The van der Waals surface area contributed by atoms with Crippen LogP contribution in [0.3, 0.4) is 0 Å². The lowest BCUT2D eigenvalue weighted by molar-refractivity contribution is 0.220. The van der Waals surface area contributed by atoms with Crippen LogP contribution in [-0.4, -0.2) is 17.0 Å². The predicted octanol–water partition coefficient (Wildman–Crippen LogP) is 2.65. The van der Waals surface area contributed by atoms with Crippen LogP contribution >= 0.6 is 11.8 Å². The molecule has 0 aromatic carbocycles. The Balaban J connectivity index is 2.25. The van der Waals surface area contributed by atoms with E-state index in [0.29, 0.717) is 4.75 Å². The van der Waals surface area contributed by atoms with Crippen LogP contribution in [0.25, 0.3) is 0 Å². The fraction of sp³-hybridized carbons (Fsp3) is 1.00. The molecule has 2 N–H and O–H groups in total. The van der Waals surface area contributed by atoms with Crippen molar-refractivity contribution < 1.29 is 0 Å². The van der Waals surface area contributed by atoms with Gasteiger partial charge < -0.3 is 5.73 Å². The predicted molar refractivity (Wildman–Crippen MR) is 57.5 cm³/mol. The van der Waals surface area contributed by atoms with E-state index in [2.05, 4.69) is 25.6 Å². The van der Waals surface area contributed by atoms with Gasteiger partial charge in [0.1, 0.15) is 0 Å². The number of hydrogen-bond acceptors (Lipinski definition) is 2. The highest BCUT2D eigenvalue weighted by Crippen LogP contribution is 2.48. The van der Waals surface area contributed by atoms with E-state index in [4.69, 9.17) is 5.73 Å². The molecule has 1 aliphatic carbocycles. The molecular formula is C10H21NS. The summed E-state index contributed by atoms with van der Waals surface area (Å²) in [6, 6.07) is 0. The van der Waals surface area contributed by atoms with Gasteiger partial charge in [-0.15, -0.1) is 0 Å². The molecule has 0 heterocycles. The Hall–Kier alpha value is 0.310. The average molecular weight is 187 g/mol. The van der Waals surface area contributed by atoms with Crippen molar-refractivity contribution in [1.29, 1.82) is 0 Å². The Bertz CT molecular complexity index is 130. The Kier molecular flexibility index (Phi) is 3.91. The number of hydrogen-bond donors (Lipinski definition) is 1. The van der Waals surface area contributed by atoms with Crippen LogP contribution in [0.2, 0.25) is 0 Å². The Labute approximate surface area is 80.5 Å². The molecule has 1 rings (SSSR count). The topological polar surface area (TPSA) is 26.0 Å². The van der Waals surface area contributed by atoms with Crippen molar-refractivity contribution in [1.82, 2.24) is 0 Å². The Morgan fingerprint density at radius 1 is 1.42 bits per heavy atom. The molecule has 1 aliphatic rings. The first-order valence-corrected chi connectivity index (χ1v) is 6.09. The van der Waals surface area contributed by atoms with Crippen LogP contribution in [0.1, 0.15) is 39.5 Å². The first-order chi connectivity index (χ1) is 5.76. The van der Waals surface area contributed by atoms with E-state index >= 15 is 0 Å². The molecule has 1 saturated carbocycles. The van der Waals surface area contributed by atoms with Gasteiger partial charge >= 0.3 is 0 Å². The minimum atomic E-state index is 0.481. The van der Waals surface area contributed by atoms with Crippen molar-refractivity contribution in [2.45, 2.75) is 44.3 Å². The normalized spacial score (nSPS) is 34.8. The summed E-state index contributed by atoms with van der Waals surface area (Å²) in [7, 11) is 0. The maximum atomic E-state index is 5.79. The van der Waals surface area contributed by atoms with E-state index in [9.17, 15) is 0 Å². The highest BCUT2D eigenvalue weighted by molar-refractivity contribution is 8.00. The lowest BCUT2D eigenvalue weighted by Gasteiger charge is -2.46. The van der Waals surface area contributed by atoms with E-state index in [1.54, 1.807) is 0 Å². The van der Waals surface area contributed by atoms with Crippen LogP contribution in [0.4, 0.5) is 0 Å². The van der Waals surface area contributed by atoms with Crippen molar-refractivity contribution in [2.75, 3.05) is 12.3 Å². The van der Waals surface area contributed by atoms with Crippen LogP contribution in [0.5, 0.6) is 0 Å². The summed E-state index contributed by atoms with van der Waals surface area (Å²) in [6.45, 7) is 5.39. The third kappa shape index (κ3) is 2.17. The van der Waals surface area contributed by atoms with Gasteiger partial charge in [-0.1, -0.05) is 26.7 Å². The smallest absolute Gasteiger partial charge is 0.0287 e. The monoisotopic (exact) mass is 187 g/mol. The summed E-state index contributed by atoms with van der Waals surface area (Å²) in [5, 5.41) is 0. The van der Waals surface area contributed by atoms with Crippen LogP contribution in [-0.2, 0) is 0 Å². The molecule has 0 amide bonds. The van der Waals surface area contributed by atoms with E-state index in [-0.39, 0.29) is 0 Å². The SMILES string of the molecule is CCCC1CC(CN)(SCC)C1. The van der Waals surface area contributed by atoms with E-state index in [1.165, 1.54) is 31.4 Å². The molecule has 0 atom stereocenters. The van der Waals surface area contributed by atoms with E-state index in [0.717, 1.165) is 12.5 Å². The van der Waals surface area contributed by atoms with Crippen molar-refractivity contribution in [2.24, 2.45) is 11.7 Å². The van der Waals surface area contributed by atoms with E-state index in [1.807, 2.05) is 0 Å². The number of rotatable bonds is 5. The van der Waals surface area contributed by atoms with Gasteiger partial charge in [0.25, 0.3) is 0 Å². The lowest BCUT2D eigenvalue weighted by Crippen LogP contribution is -2.47. The third-order valence-electron chi connectivity index (χ3n) is 2.84. The van der Waals surface area contributed by atoms with Crippen molar-refractivity contribution in [3.05, 3.63) is 0 Å². The summed E-state index contributed by atoms with van der Waals surface area (Å²) in [6.07, 6.45) is 5.49. The van der Waals surface area contributed by atoms with Gasteiger partial charge in [-0.05, 0) is 24.5 Å². The first kappa shape index (κ1) is 10.4. The lowest BCUT2D eigenvalue weighted by atomic mass is 9.72. The molecule has 0 bridgehead atoms. The molecule has 0 unspecified atom stereocenters. The molecule has 2 heteroatoms. The molecule has 1 nitrogen and oxygen atoms in total. The quantitative estimate of drug-likeness (QED) is 0.716. The third-order valence-corrected chi connectivity index (χ3v) is 4.24. The summed E-state index contributed by atoms with van der Waals surface area (Å²) < 4.78 is 0.481. The second-order valence-electron chi connectivity index (χ2n) is 3.88. The second-order valence-corrected chi connectivity index (χ2v) is 5.62. The molecule has 0 aromatic rings. The molecule has 0 spiro atoms. The van der Waals surface area contributed by atoms with Gasteiger partial charge in [0.05, 0.1) is 0 Å². The van der Waals surface area contributed by atoms with Crippen molar-refractivity contribution in [3.63, 3.8) is 0 Å². The van der Waals surface area contributed by atoms with Gasteiger partial charge in [-0.3, -0.25) is 0 Å². The van der Waals surface area contributed by atoms with Crippen molar-refractivity contribution in [3.8, 4) is 0 Å². The fourth-order valence-electron chi connectivity index (χ4n) is 2.25. The zero-order valence-electron chi connectivity index (χ0n) is 8.31. The molecule has 0 aromatic heterocycles. The van der Waals surface area contributed by atoms with Crippen LogP contribution in [0.15, 0.2) is 0 Å². The van der Waals surface area contributed by atoms with Gasteiger partial charge in [0, 0.05) is 11.3 Å². The average Bonchev–Trinajstić information content (AvgIpc) is 2.01. The standard InChI is InChI=1S/C10H21NS/c1-3-5-9-6-10(7-9,8-11)12-4-2/h9H,3-8,11H2,1-2H3. The second kappa shape index (κ2) is 4.52. The summed E-state index contributed by atoms with van der Waals surface area (Å²) in [5.41, 5.74) is 5.79. The highest BCUT2D eigenvalue weighted by atomic mass is 32.2. The molecule has 0 aliphatic heterocycles. The fourth-order valence-corrected chi connectivity index (χ4v) is 3.69. The summed E-state index contributed by atoms with van der Waals surface area (Å²) in [4.78, 5) is 0. The van der Waals surface area contributed by atoms with Gasteiger partial charge in [0.2, 0.25) is 0 Å². The molecule has 72 valence electrons. The van der Waals surface area contributed by atoms with Gasteiger partial charge in [-0.2, -0.15) is 11.8 Å². The van der Waals surface area contributed by atoms with Crippen LogP contribution in [0, 0.1) is 5.92 Å². The van der Waals surface area contributed by atoms with Crippen molar-refractivity contribution >= 4 is 11.8 Å². The molecule has 1 fully saturated rings. The van der Waals surface area contributed by atoms with Gasteiger partial charge in [-0.25, -0.2) is 0 Å². The van der Waals surface area contributed by atoms with E-state index < -0.39 is 0 Å². The largest absolute Gasteiger partial charge is 0.329 e. The highest BCUT2D eigenvalue weighted by Gasteiger charge is 2.42. The first-order valence-electron chi connectivity index (χ1n) is 5.10. The summed E-state index contributed by atoms with van der Waals surface area (Å²) in [5.74, 6) is 2.20. The molecular weight excluding hydrogens is 166 g/mol. The minimum Gasteiger partial charge on any atom is -0.329 e. The molecule has 12 heavy (non-hydrogen) atoms. The Morgan fingerprint density at radius 2 is 2.08 bits per heavy atom. The Morgan fingerprint density at radius 3 is 2.50 bits per heavy atom. The number of nitrogens with two attached hydrogens (primary N) is 1. The minimum absolute atomic E-state index is 0.481. The molecule has 0 radical (unpaired) electrons.